The van der Waals surface area contributed by atoms with Gasteiger partial charge in [-0.15, -0.1) is 0 Å². The number of nitrogens with zero attached hydrogens (tertiary/aromatic N) is 2. The highest BCUT2D eigenvalue weighted by Gasteiger charge is 2.11. The van der Waals surface area contributed by atoms with Crippen LogP contribution in [0.5, 0.6) is 0 Å². The summed E-state index contributed by atoms with van der Waals surface area (Å²) in [6.45, 7) is 7.93. The molecule has 2 aromatic carbocycles. The Hall–Kier alpha value is -2.95. The number of aryl methyl sites for hydroxylation is 1. The number of rotatable bonds is 7. The molecule has 2 rings (SSSR count). The summed E-state index contributed by atoms with van der Waals surface area (Å²) in [7, 11) is 1.53. The molecule has 0 heterocycles. The van der Waals surface area contributed by atoms with Gasteiger partial charge in [-0.3, -0.25) is 0 Å². The molecule has 0 unspecified atom stereocenters. The summed E-state index contributed by atoms with van der Waals surface area (Å²) in [6, 6.07) is 13.7. The first-order chi connectivity index (χ1) is 12.5. The van der Waals surface area contributed by atoms with E-state index in [9.17, 15) is 0 Å². The molecule has 5 nitrogen and oxygen atoms in total. The highest BCUT2D eigenvalue weighted by molar-refractivity contribution is 6.10. The minimum absolute atomic E-state index is 0.335. The summed E-state index contributed by atoms with van der Waals surface area (Å²) in [5, 5.41) is 16.2. The highest BCUT2D eigenvalue weighted by atomic mass is 16.6. The Morgan fingerprint density at radius 1 is 0.885 bits per heavy atom. The second kappa shape index (κ2) is 8.94. The van der Waals surface area contributed by atoms with Crippen LogP contribution in [0.1, 0.15) is 48.6 Å². The maximum Gasteiger partial charge on any atom is 0.143 e. The second-order valence-electron chi connectivity index (χ2n) is 6.08. The summed E-state index contributed by atoms with van der Waals surface area (Å²) in [5.74, 6) is 0. The lowest BCUT2D eigenvalue weighted by molar-refractivity contribution is 0.130. The van der Waals surface area contributed by atoms with Gasteiger partial charge in [-0.1, -0.05) is 52.8 Å². The fraction of sp³-hybridized carbons (Fsp3) is 0.286. The van der Waals surface area contributed by atoms with E-state index in [-0.39, 0.29) is 0 Å². The Kier molecular flexibility index (Phi) is 6.67. The van der Waals surface area contributed by atoms with Crippen molar-refractivity contribution in [3.63, 3.8) is 0 Å². The van der Waals surface area contributed by atoms with Crippen molar-refractivity contribution >= 4 is 17.1 Å². The topological polar surface area (TPSA) is 67.0 Å². The van der Waals surface area contributed by atoms with Crippen LogP contribution < -0.4 is 0 Å². The Bertz CT molecular complexity index is 854. The van der Waals surface area contributed by atoms with Crippen LogP contribution in [-0.2, 0) is 16.3 Å². The minimum atomic E-state index is 0.335. The number of hydrogen-bond donors (Lipinski definition) is 1. The van der Waals surface area contributed by atoms with E-state index in [1.807, 2.05) is 63.2 Å². The van der Waals surface area contributed by atoms with Gasteiger partial charge in [0.1, 0.15) is 13.7 Å². The van der Waals surface area contributed by atoms with Crippen LogP contribution >= 0.6 is 0 Å². The van der Waals surface area contributed by atoms with E-state index in [1.54, 1.807) is 6.92 Å². The molecular weight excluding hydrogens is 326 g/mol. The van der Waals surface area contributed by atoms with E-state index in [0.717, 1.165) is 39.2 Å². The number of oxime groups is 2. The molecular formula is C21H25N3O2. The van der Waals surface area contributed by atoms with Crippen molar-refractivity contribution in [3.05, 3.63) is 70.3 Å². The van der Waals surface area contributed by atoms with E-state index < -0.39 is 0 Å². The Labute approximate surface area is 154 Å². The van der Waals surface area contributed by atoms with Gasteiger partial charge in [0.25, 0.3) is 0 Å². The molecule has 0 aromatic heterocycles. The molecule has 0 aliphatic heterocycles. The zero-order valence-electron chi connectivity index (χ0n) is 16.0. The van der Waals surface area contributed by atoms with Gasteiger partial charge in [0.05, 0.1) is 11.4 Å². The first-order valence-corrected chi connectivity index (χ1v) is 8.43. The molecule has 0 spiro atoms. The van der Waals surface area contributed by atoms with Gasteiger partial charge in [-0.05, 0) is 33.3 Å². The summed E-state index contributed by atoms with van der Waals surface area (Å²) < 4.78 is 0. The van der Waals surface area contributed by atoms with Gasteiger partial charge in [0, 0.05) is 28.0 Å². The monoisotopic (exact) mass is 351 g/mol. The Morgan fingerprint density at radius 2 is 1.50 bits per heavy atom. The molecule has 0 aliphatic carbocycles. The number of benzene rings is 2. The first kappa shape index (κ1) is 19.4. The lowest BCUT2D eigenvalue weighted by Crippen LogP contribution is -2.07. The van der Waals surface area contributed by atoms with Crippen LogP contribution in [0.15, 0.2) is 52.8 Å². The van der Waals surface area contributed by atoms with Gasteiger partial charge in [-0.25, -0.2) is 0 Å². The third-order valence-corrected chi connectivity index (χ3v) is 4.16. The lowest BCUT2D eigenvalue weighted by atomic mass is 10.00. The predicted octanol–water partition coefficient (Wildman–Crippen LogP) is 4.69. The predicted molar refractivity (Wildman–Crippen MR) is 106 cm³/mol. The molecule has 0 aliphatic rings. The third-order valence-electron chi connectivity index (χ3n) is 4.16. The van der Waals surface area contributed by atoms with Crippen LogP contribution in [-0.4, -0.2) is 24.2 Å². The summed E-state index contributed by atoms with van der Waals surface area (Å²) in [5.41, 5.74) is 6.91. The Balaban J connectivity index is 2.24. The average Bonchev–Trinajstić information content (AvgIpc) is 2.63. The van der Waals surface area contributed by atoms with Crippen LogP contribution in [0.2, 0.25) is 0 Å². The fourth-order valence-corrected chi connectivity index (χ4v) is 2.79. The van der Waals surface area contributed by atoms with Crippen molar-refractivity contribution in [1.29, 1.82) is 5.41 Å². The molecule has 0 amide bonds. The average molecular weight is 351 g/mol. The number of hydrogen-bond acceptors (Lipinski definition) is 5. The maximum atomic E-state index is 7.90. The van der Waals surface area contributed by atoms with Crippen LogP contribution in [0.4, 0.5) is 0 Å². The van der Waals surface area contributed by atoms with Gasteiger partial charge in [-0.2, -0.15) is 0 Å². The molecule has 136 valence electrons. The highest BCUT2D eigenvalue weighted by Crippen LogP contribution is 2.18. The molecule has 0 saturated heterocycles. The summed E-state index contributed by atoms with van der Waals surface area (Å²) >= 11 is 0. The SMILES string of the molecule is CO/N=C(/C)c1cccc(C)c1CO/N=C(\C)c1ccccc1C(C)=N. The van der Waals surface area contributed by atoms with Crippen molar-refractivity contribution < 1.29 is 9.68 Å². The molecule has 0 atom stereocenters. The van der Waals surface area contributed by atoms with E-state index in [4.69, 9.17) is 15.1 Å². The van der Waals surface area contributed by atoms with Gasteiger partial charge in [0.15, 0.2) is 0 Å². The van der Waals surface area contributed by atoms with Crippen molar-refractivity contribution in [2.24, 2.45) is 10.3 Å². The molecule has 5 heteroatoms. The van der Waals surface area contributed by atoms with Gasteiger partial charge < -0.3 is 15.1 Å². The van der Waals surface area contributed by atoms with Crippen molar-refractivity contribution in [2.75, 3.05) is 7.11 Å². The molecule has 0 fully saturated rings. The first-order valence-electron chi connectivity index (χ1n) is 8.43. The standard InChI is InChI=1S/C21H25N3O2/c1-14-9-8-12-20(16(3)23-25-5)21(14)13-26-24-17(4)19-11-7-6-10-18(19)15(2)22/h6-12,22H,13H2,1-5H3/b22-15?,23-16-,24-17+. The van der Waals surface area contributed by atoms with Crippen molar-refractivity contribution in [2.45, 2.75) is 34.3 Å². The second-order valence-corrected chi connectivity index (χ2v) is 6.08. The zero-order valence-corrected chi connectivity index (χ0v) is 16.0. The Morgan fingerprint density at radius 3 is 2.15 bits per heavy atom. The van der Waals surface area contributed by atoms with Crippen molar-refractivity contribution in [3.8, 4) is 0 Å². The molecule has 1 N–H and O–H groups in total. The lowest BCUT2D eigenvalue weighted by Gasteiger charge is -2.12. The summed E-state index contributed by atoms with van der Waals surface area (Å²) in [4.78, 5) is 10.5. The molecule has 26 heavy (non-hydrogen) atoms. The molecule has 0 saturated carbocycles. The fourth-order valence-electron chi connectivity index (χ4n) is 2.79. The van der Waals surface area contributed by atoms with E-state index in [1.165, 1.54) is 7.11 Å². The van der Waals surface area contributed by atoms with E-state index in [2.05, 4.69) is 10.3 Å². The van der Waals surface area contributed by atoms with Crippen molar-refractivity contribution in [1.82, 2.24) is 0 Å². The smallest absolute Gasteiger partial charge is 0.143 e. The normalized spacial score (nSPS) is 12.0. The summed E-state index contributed by atoms with van der Waals surface area (Å²) in [6.07, 6.45) is 0. The largest absolute Gasteiger partial charge is 0.399 e. The van der Waals surface area contributed by atoms with Crippen LogP contribution in [0.3, 0.4) is 0 Å². The van der Waals surface area contributed by atoms with Crippen LogP contribution in [0, 0.1) is 12.3 Å². The van der Waals surface area contributed by atoms with Crippen LogP contribution in [0.25, 0.3) is 0 Å². The third kappa shape index (κ3) is 4.57. The maximum absolute atomic E-state index is 7.90. The zero-order chi connectivity index (χ0) is 19.1. The number of nitrogens with one attached hydrogen (secondary N) is 1. The molecule has 2 aromatic rings. The van der Waals surface area contributed by atoms with Gasteiger partial charge in [0.2, 0.25) is 0 Å². The minimum Gasteiger partial charge on any atom is -0.399 e. The van der Waals surface area contributed by atoms with E-state index >= 15 is 0 Å². The molecule has 0 radical (unpaired) electrons. The molecule has 0 bridgehead atoms. The van der Waals surface area contributed by atoms with E-state index in [0.29, 0.717) is 12.3 Å². The quantitative estimate of drug-likeness (QED) is 0.580. The van der Waals surface area contributed by atoms with Gasteiger partial charge >= 0.3 is 0 Å².